The van der Waals surface area contributed by atoms with Crippen LogP contribution >= 0.6 is 22.6 Å². The standard InChI is InChI=1S/C12H13FINO3/c13-8-1-2-10(11(14)5-8)12(17)15-3-4-18-9(6-15)7-16/h1-2,5,9,16H,3-4,6-7H2. The summed E-state index contributed by atoms with van der Waals surface area (Å²) in [6.07, 6.45) is -0.333. The Morgan fingerprint density at radius 3 is 3.06 bits per heavy atom. The molecule has 0 aliphatic carbocycles. The normalized spacial score (nSPS) is 19.9. The summed E-state index contributed by atoms with van der Waals surface area (Å²) in [7, 11) is 0. The van der Waals surface area contributed by atoms with Crippen molar-refractivity contribution < 1.29 is 19.0 Å². The molecule has 1 aliphatic heterocycles. The number of aliphatic hydroxyl groups excluding tert-OH is 1. The number of hydrogen-bond donors (Lipinski definition) is 1. The van der Waals surface area contributed by atoms with E-state index >= 15 is 0 Å². The Hall–Kier alpha value is -0.730. The van der Waals surface area contributed by atoms with Gasteiger partial charge in [-0.1, -0.05) is 0 Å². The molecule has 1 atom stereocenters. The fourth-order valence-electron chi connectivity index (χ4n) is 1.85. The number of carbonyl (C=O) groups is 1. The van der Waals surface area contributed by atoms with Crippen LogP contribution in [0.1, 0.15) is 10.4 Å². The van der Waals surface area contributed by atoms with Crippen molar-refractivity contribution in [1.82, 2.24) is 4.90 Å². The molecule has 1 fully saturated rings. The molecule has 0 saturated carbocycles. The molecule has 1 amide bonds. The van der Waals surface area contributed by atoms with Gasteiger partial charge in [-0.3, -0.25) is 4.79 Å². The summed E-state index contributed by atoms with van der Waals surface area (Å²) in [4.78, 5) is 13.9. The van der Waals surface area contributed by atoms with E-state index in [0.717, 1.165) is 0 Å². The lowest BCUT2D eigenvalue weighted by molar-refractivity contribution is -0.0447. The first-order valence-electron chi connectivity index (χ1n) is 5.58. The van der Waals surface area contributed by atoms with Crippen molar-refractivity contribution in [3.63, 3.8) is 0 Å². The summed E-state index contributed by atoms with van der Waals surface area (Å²) >= 11 is 1.94. The molecular formula is C12H13FINO3. The lowest BCUT2D eigenvalue weighted by atomic mass is 10.1. The van der Waals surface area contributed by atoms with Gasteiger partial charge in [0.25, 0.3) is 5.91 Å². The van der Waals surface area contributed by atoms with E-state index in [1.165, 1.54) is 18.2 Å². The van der Waals surface area contributed by atoms with Gasteiger partial charge in [0.05, 0.1) is 24.9 Å². The Morgan fingerprint density at radius 2 is 2.39 bits per heavy atom. The highest BCUT2D eigenvalue weighted by Gasteiger charge is 2.25. The Labute approximate surface area is 118 Å². The van der Waals surface area contributed by atoms with Crippen molar-refractivity contribution >= 4 is 28.5 Å². The summed E-state index contributed by atoms with van der Waals surface area (Å²) in [5.74, 6) is -0.507. The lowest BCUT2D eigenvalue weighted by Crippen LogP contribution is -2.47. The van der Waals surface area contributed by atoms with Gasteiger partial charge in [-0.15, -0.1) is 0 Å². The molecule has 1 aromatic carbocycles. The van der Waals surface area contributed by atoms with Gasteiger partial charge >= 0.3 is 0 Å². The molecule has 1 saturated heterocycles. The molecule has 2 rings (SSSR count). The first kappa shape index (κ1) is 13.7. The van der Waals surface area contributed by atoms with Crippen LogP contribution in [-0.4, -0.2) is 48.3 Å². The van der Waals surface area contributed by atoms with E-state index in [-0.39, 0.29) is 24.4 Å². The maximum absolute atomic E-state index is 13.0. The third kappa shape index (κ3) is 2.99. The summed E-state index contributed by atoms with van der Waals surface area (Å²) in [6.45, 7) is 1.16. The highest BCUT2D eigenvalue weighted by Crippen LogP contribution is 2.17. The van der Waals surface area contributed by atoms with Crippen LogP contribution in [-0.2, 0) is 4.74 Å². The van der Waals surface area contributed by atoms with E-state index in [1.54, 1.807) is 4.90 Å². The van der Waals surface area contributed by atoms with Crippen molar-refractivity contribution in [3.05, 3.63) is 33.1 Å². The molecule has 1 N–H and O–H groups in total. The van der Waals surface area contributed by atoms with Gasteiger partial charge in [0.2, 0.25) is 0 Å². The quantitative estimate of drug-likeness (QED) is 0.804. The van der Waals surface area contributed by atoms with Gasteiger partial charge in [-0.05, 0) is 40.8 Å². The minimum absolute atomic E-state index is 0.107. The van der Waals surface area contributed by atoms with Crippen LogP contribution in [0.15, 0.2) is 18.2 Å². The van der Waals surface area contributed by atoms with Crippen LogP contribution in [0.2, 0.25) is 0 Å². The smallest absolute Gasteiger partial charge is 0.255 e. The van der Waals surface area contributed by atoms with Gasteiger partial charge in [-0.25, -0.2) is 4.39 Å². The van der Waals surface area contributed by atoms with Crippen LogP contribution in [0.3, 0.4) is 0 Å². The highest BCUT2D eigenvalue weighted by atomic mass is 127. The molecule has 0 spiro atoms. The Kier molecular flexibility index (Phi) is 4.52. The number of halogens is 2. The number of carbonyl (C=O) groups excluding carboxylic acids is 1. The Morgan fingerprint density at radius 1 is 1.61 bits per heavy atom. The summed E-state index contributed by atoms with van der Waals surface area (Å²) in [5.41, 5.74) is 0.482. The largest absolute Gasteiger partial charge is 0.394 e. The maximum atomic E-state index is 13.0. The molecule has 1 unspecified atom stereocenters. The third-order valence-electron chi connectivity index (χ3n) is 2.79. The Bertz CT molecular complexity index is 455. The number of amides is 1. The molecular weight excluding hydrogens is 352 g/mol. The molecule has 1 heterocycles. The first-order valence-corrected chi connectivity index (χ1v) is 6.66. The molecule has 1 aromatic rings. The number of morpholine rings is 1. The topological polar surface area (TPSA) is 49.8 Å². The first-order chi connectivity index (χ1) is 8.61. The van der Waals surface area contributed by atoms with Gasteiger partial charge in [0.15, 0.2) is 0 Å². The van der Waals surface area contributed by atoms with E-state index in [9.17, 15) is 9.18 Å². The SMILES string of the molecule is O=C(c1ccc(F)cc1I)N1CCOC(CO)C1. The van der Waals surface area contributed by atoms with Gasteiger partial charge in [0.1, 0.15) is 5.82 Å². The molecule has 98 valence electrons. The maximum Gasteiger partial charge on any atom is 0.255 e. The van der Waals surface area contributed by atoms with Gasteiger partial charge < -0.3 is 14.7 Å². The third-order valence-corrected chi connectivity index (χ3v) is 3.68. The van der Waals surface area contributed by atoms with E-state index < -0.39 is 0 Å². The predicted octanol–water partition coefficient (Wildman–Crippen LogP) is 1.26. The Balaban J connectivity index is 2.15. The van der Waals surface area contributed by atoms with E-state index in [2.05, 4.69) is 0 Å². The number of nitrogens with zero attached hydrogens (tertiary/aromatic N) is 1. The van der Waals surface area contributed by atoms with Crippen LogP contribution in [0.25, 0.3) is 0 Å². The lowest BCUT2D eigenvalue weighted by Gasteiger charge is -2.32. The summed E-state index contributed by atoms with van der Waals surface area (Å²) in [5, 5.41) is 9.04. The van der Waals surface area contributed by atoms with Crippen LogP contribution in [0.5, 0.6) is 0 Å². The van der Waals surface area contributed by atoms with E-state index in [0.29, 0.717) is 28.8 Å². The summed E-state index contributed by atoms with van der Waals surface area (Å²) in [6, 6.07) is 4.10. The van der Waals surface area contributed by atoms with Crippen LogP contribution in [0, 0.1) is 9.39 Å². The summed E-state index contributed by atoms with van der Waals surface area (Å²) < 4.78 is 18.9. The zero-order chi connectivity index (χ0) is 13.1. The number of hydrogen-bond acceptors (Lipinski definition) is 3. The molecule has 0 aromatic heterocycles. The van der Waals surface area contributed by atoms with E-state index in [4.69, 9.17) is 9.84 Å². The average Bonchev–Trinajstić information content (AvgIpc) is 2.38. The molecule has 0 radical (unpaired) electrons. The zero-order valence-corrected chi connectivity index (χ0v) is 11.8. The number of rotatable bonds is 2. The molecule has 0 bridgehead atoms. The highest BCUT2D eigenvalue weighted by molar-refractivity contribution is 14.1. The molecule has 18 heavy (non-hydrogen) atoms. The average molecular weight is 365 g/mol. The number of benzene rings is 1. The molecule has 4 nitrogen and oxygen atoms in total. The van der Waals surface area contributed by atoms with Gasteiger partial charge in [0, 0.05) is 16.7 Å². The van der Waals surface area contributed by atoms with Crippen molar-refractivity contribution in [1.29, 1.82) is 0 Å². The minimum atomic E-state index is -0.355. The second-order valence-electron chi connectivity index (χ2n) is 4.05. The van der Waals surface area contributed by atoms with Crippen LogP contribution < -0.4 is 0 Å². The monoisotopic (exact) mass is 365 g/mol. The second kappa shape index (κ2) is 5.94. The number of aliphatic hydroxyl groups is 1. The van der Waals surface area contributed by atoms with Crippen molar-refractivity contribution in [2.24, 2.45) is 0 Å². The fourth-order valence-corrected chi connectivity index (χ4v) is 2.56. The zero-order valence-electron chi connectivity index (χ0n) is 9.60. The van der Waals surface area contributed by atoms with Crippen molar-refractivity contribution in [2.75, 3.05) is 26.3 Å². The minimum Gasteiger partial charge on any atom is -0.394 e. The van der Waals surface area contributed by atoms with Crippen LogP contribution in [0.4, 0.5) is 4.39 Å². The number of ether oxygens (including phenoxy) is 1. The van der Waals surface area contributed by atoms with Crippen molar-refractivity contribution in [3.8, 4) is 0 Å². The fraction of sp³-hybridized carbons (Fsp3) is 0.417. The molecule has 6 heteroatoms. The molecule has 1 aliphatic rings. The second-order valence-corrected chi connectivity index (χ2v) is 5.21. The predicted molar refractivity (Wildman–Crippen MR) is 71.8 cm³/mol. The van der Waals surface area contributed by atoms with Gasteiger partial charge in [-0.2, -0.15) is 0 Å². The van der Waals surface area contributed by atoms with E-state index in [1.807, 2.05) is 22.6 Å². The van der Waals surface area contributed by atoms with Crippen molar-refractivity contribution in [2.45, 2.75) is 6.10 Å².